The van der Waals surface area contributed by atoms with Gasteiger partial charge in [-0.05, 0) is 64.3 Å². The molecule has 0 aliphatic heterocycles. The Morgan fingerprint density at radius 1 is 1.11 bits per heavy atom. The lowest BCUT2D eigenvalue weighted by molar-refractivity contribution is -0.123. The summed E-state index contributed by atoms with van der Waals surface area (Å²) in [6, 6.07) is 20.9. The number of nitrogens with one attached hydrogen (secondary N) is 2. The van der Waals surface area contributed by atoms with Gasteiger partial charge in [-0.3, -0.25) is 9.89 Å². The quantitative estimate of drug-likeness (QED) is 0.207. The van der Waals surface area contributed by atoms with E-state index in [2.05, 4.69) is 36.7 Å². The molecule has 0 fully saturated rings. The van der Waals surface area contributed by atoms with Gasteiger partial charge in [0, 0.05) is 10.6 Å². The van der Waals surface area contributed by atoms with Crippen LogP contribution in [0.2, 0.25) is 5.02 Å². The Kier molecular flexibility index (Phi) is 7.84. The second-order valence-electron chi connectivity index (χ2n) is 7.63. The summed E-state index contributed by atoms with van der Waals surface area (Å²) < 4.78 is 11.8. The van der Waals surface area contributed by atoms with E-state index in [1.54, 1.807) is 13.2 Å². The van der Waals surface area contributed by atoms with E-state index in [1.165, 1.54) is 6.21 Å². The standard InChI is InChI=1S/C26H22BrClN4O3/c1-16-3-6-18(7-4-16)24-25(19-8-10-20(28)11-9-19)31-32-26(24)35-15-23(33)30-29-14-17-5-12-22(34-2)21(27)13-17/h3-14H,15H2,1-2H3,(H,30,33)(H,31,32)/b29-14+. The van der Waals surface area contributed by atoms with Crippen molar-refractivity contribution < 1.29 is 14.3 Å². The van der Waals surface area contributed by atoms with Crippen molar-refractivity contribution in [3.63, 3.8) is 0 Å². The summed E-state index contributed by atoms with van der Waals surface area (Å²) in [6.45, 7) is 1.76. The minimum Gasteiger partial charge on any atom is -0.496 e. The molecule has 1 aromatic heterocycles. The van der Waals surface area contributed by atoms with Gasteiger partial charge < -0.3 is 9.47 Å². The van der Waals surface area contributed by atoms with Crippen molar-refractivity contribution in [1.82, 2.24) is 15.6 Å². The lowest BCUT2D eigenvalue weighted by atomic mass is 10.0. The Labute approximate surface area is 216 Å². The first-order chi connectivity index (χ1) is 16.9. The first kappa shape index (κ1) is 24.5. The summed E-state index contributed by atoms with van der Waals surface area (Å²) >= 11 is 9.47. The number of aromatic nitrogens is 2. The Bertz CT molecular complexity index is 1350. The number of aromatic amines is 1. The number of ether oxygens (including phenoxy) is 2. The van der Waals surface area contributed by atoms with Crippen LogP contribution in [0.5, 0.6) is 11.6 Å². The van der Waals surface area contributed by atoms with Crippen molar-refractivity contribution in [3.05, 3.63) is 87.4 Å². The number of amides is 1. The number of halogens is 2. The fraction of sp³-hybridized carbons (Fsp3) is 0.115. The number of benzene rings is 3. The lowest BCUT2D eigenvalue weighted by Gasteiger charge is -2.08. The summed E-state index contributed by atoms with van der Waals surface area (Å²) in [5, 5.41) is 12.0. The van der Waals surface area contributed by atoms with E-state index in [0.717, 1.165) is 38.0 Å². The Morgan fingerprint density at radius 3 is 2.51 bits per heavy atom. The van der Waals surface area contributed by atoms with Crippen molar-refractivity contribution in [2.75, 3.05) is 13.7 Å². The molecule has 3 aromatic carbocycles. The third kappa shape index (κ3) is 6.09. The van der Waals surface area contributed by atoms with Crippen LogP contribution in [0.4, 0.5) is 0 Å². The van der Waals surface area contributed by atoms with Gasteiger partial charge in [0.1, 0.15) is 5.75 Å². The molecule has 0 saturated heterocycles. The fourth-order valence-electron chi connectivity index (χ4n) is 3.35. The van der Waals surface area contributed by atoms with Crippen LogP contribution in [0.25, 0.3) is 22.4 Å². The molecule has 0 aliphatic carbocycles. The molecule has 2 N–H and O–H groups in total. The molecule has 0 radical (unpaired) electrons. The van der Waals surface area contributed by atoms with E-state index < -0.39 is 5.91 Å². The number of H-pyrrole nitrogens is 1. The van der Waals surface area contributed by atoms with Crippen molar-refractivity contribution in [2.24, 2.45) is 5.10 Å². The van der Waals surface area contributed by atoms with E-state index in [0.29, 0.717) is 16.7 Å². The number of hydrogen-bond acceptors (Lipinski definition) is 5. The molecule has 9 heteroatoms. The second-order valence-corrected chi connectivity index (χ2v) is 8.92. The van der Waals surface area contributed by atoms with Crippen molar-refractivity contribution in [2.45, 2.75) is 6.92 Å². The van der Waals surface area contributed by atoms with E-state index in [4.69, 9.17) is 21.1 Å². The number of nitrogens with zero attached hydrogens (tertiary/aromatic N) is 2. The highest BCUT2D eigenvalue weighted by Crippen LogP contribution is 2.37. The Morgan fingerprint density at radius 2 is 1.83 bits per heavy atom. The molecular formula is C26H22BrClN4O3. The molecule has 0 unspecified atom stereocenters. The van der Waals surface area contributed by atoms with Gasteiger partial charge in [-0.25, -0.2) is 5.43 Å². The van der Waals surface area contributed by atoms with Crippen LogP contribution in [0, 0.1) is 6.92 Å². The van der Waals surface area contributed by atoms with E-state index in [9.17, 15) is 4.79 Å². The zero-order valence-corrected chi connectivity index (χ0v) is 21.4. The summed E-state index contributed by atoms with van der Waals surface area (Å²) in [7, 11) is 1.59. The van der Waals surface area contributed by atoms with Crippen LogP contribution in [-0.4, -0.2) is 36.0 Å². The van der Waals surface area contributed by atoms with Crippen molar-refractivity contribution in [1.29, 1.82) is 0 Å². The van der Waals surface area contributed by atoms with Gasteiger partial charge in [0.15, 0.2) is 6.61 Å². The number of hydrogen-bond donors (Lipinski definition) is 2. The summed E-state index contributed by atoms with van der Waals surface area (Å²) in [5.41, 5.74) is 7.72. The van der Waals surface area contributed by atoms with Crippen molar-refractivity contribution in [3.8, 4) is 34.0 Å². The molecule has 0 atom stereocenters. The summed E-state index contributed by atoms with van der Waals surface area (Å²) in [5.74, 6) is 0.609. The molecule has 35 heavy (non-hydrogen) atoms. The number of rotatable bonds is 8. The molecule has 178 valence electrons. The van der Waals surface area contributed by atoms with Gasteiger partial charge in [0.2, 0.25) is 5.88 Å². The van der Waals surface area contributed by atoms with E-state index in [-0.39, 0.29) is 6.61 Å². The number of hydrazone groups is 1. The molecule has 0 spiro atoms. The second kappa shape index (κ2) is 11.2. The Balaban J connectivity index is 1.48. The maximum atomic E-state index is 12.3. The molecule has 4 aromatic rings. The molecule has 0 aliphatic rings. The third-order valence-electron chi connectivity index (χ3n) is 5.12. The van der Waals surface area contributed by atoms with Crippen molar-refractivity contribution >= 4 is 39.7 Å². The fourth-order valence-corrected chi connectivity index (χ4v) is 4.04. The maximum absolute atomic E-state index is 12.3. The molecule has 7 nitrogen and oxygen atoms in total. The normalized spacial score (nSPS) is 11.0. The average molecular weight is 554 g/mol. The first-order valence-corrected chi connectivity index (χ1v) is 11.8. The molecule has 4 rings (SSSR count). The molecule has 1 heterocycles. The van der Waals surface area contributed by atoms with Crippen LogP contribution in [-0.2, 0) is 4.79 Å². The molecular weight excluding hydrogens is 532 g/mol. The van der Waals surface area contributed by atoms with Crippen LogP contribution in [0.1, 0.15) is 11.1 Å². The van der Waals surface area contributed by atoms with E-state index in [1.807, 2.05) is 67.6 Å². The third-order valence-corrected chi connectivity index (χ3v) is 6.00. The SMILES string of the molecule is COc1ccc(/C=N/NC(=O)COc2n[nH]c(-c3ccc(Cl)cc3)c2-c2ccc(C)cc2)cc1Br. The smallest absolute Gasteiger partial charge is 0.278 e. The molecule has 0 bridgehead atoms. The van der Waals surface area contributed by atoms with Crippen LogP contribution < -0.4 is 14.9 Å². The highest BCUT2D eigenvalue weighted by molar-refractivity contribution is 9.10. The molecule has 1 amide bonds. The highest BCUT2D eigenvalue weighted by atomic mass is 79.9. The summed E-state index contributed by atoms with van der Waals surface area (Å²) in [6.07, 6.45) is 1.53. The summed E-state index contributed by atoms with van der Waals surface area (Å²) in [4.78, 5) is 12.3. The average Bonchev–Trinajstić information content (AvgIpc) is 3.28. The van der Waals surface area contributed by atoms with E-state index >= 15 is 0 Å². The van der Waals surface area contributed by atoms with Gasteiger partial charge >= 0.3 is 0 Å². The number of carbonyl (C=O) groups excluding carboxylic acids is 1. The Hall–Kier alpha value is -3.62. The zero-order chi connectivity index (χ0) is 24.8. The van der Waals surface area contributed by atoms with Gasteiger partial charge in [-0.2, -0.15) is 5.10 Å². The van der Waals surface area contributed by atoms with Gasteiger partial charge in [0.05, 0.1) is 29.1 Å². The first-order valence-electron chi connectivity index (χ1n) is 10.6. The maximum Gasteiger partial charge on any atom is 0.278 e. The molecule has 0 saturated carbocycles. The largest absolute Gasteiger partial charge is 0.496 e. The predicted molar refractivity (Wildman–Crippen MR) is 141 cm³/mol. The number of carbonyl (C=O) groups is 1. The number of aryl methyl sites for hydroxylation is 1. The van der Waals surface area contributed by atoms with Crippen LogP contribution in [0.3, 0.4) is 0 Å². The van der Waals surface area contributed by atoms with Crippen LogP contribution >= 0.6 is 27.5 Å². The van der Waals surface area contributed by atoms with Crippen LogP contribution in [0.15, 0.2) is 76.3 Å². The minimum atomic E-state index is -0.417. The number of methoxy groups -OCH3 is 1. The lowest BCUT2D eigenvalue weighted by Crippen LogP contribution is -2.24. The predicted octanol–water partition coefficient (Wildman–Crippen LogP) is 6.01. The monoisotopic (exact) mass is 552 g/mol. The van der Waals surface area contributed by atoms with Gasteiger partial charge in [-0.1, -0.05) is 53.6 Å². The highest BCUT2D eigenvalue weighted by Gasteiger charge is 2.19. The minimum absolute atomic E-state index is 0.257. The van der Waals surface area contributed by atoms with Gasteiger partial charge in [-0.15, -0.1) is 5.10 Å². The topological polar surface area (TPSA) is 88.6 Å². The zero-order valence-electron chi connectivity index (χ0n) is 19.0. The van der Waals surface area contributed by atoms with Gasteiger partial charge in [0.25, 0.3) is 5.91 Å².